The van der Waals surface area contributed by atoms with Crippen LogP contribution in [-0.2, 0) is 0 Å². The van der Waals surface area contributed by atoms with Crippen molar-refractivity contribution in [1.29, 1.82) is 0 Å². The van der Waals surface area contributed by atoms with E-state index in [1.165, 1.54) is 32.3 Å². The molecule has 9 aromatic carbocycles. The van der Waals surface area contributed by atoms with Crippen molar-refractivity contribution in [2.24, 2.45) is 9.98 Å². The highest BCUT2D eigenvalue weighted by Gasteiger charge is 2.24. The van der Waals surface area contributed by atoms with Gasteiger partial charge in [0, 0.05) is 21.9 Å². The third-order valence-corrected chi connectivity index (χ3v) is 10.7. The Balaban J connectivity index is 1.11. The van der Waals surface area contributed by atoms with Gasteiger partial charge in [0.05, 0.1) is 0 Å². The number of para-hydroxylation sites is 1. The number of amidine groups is 2. The number of aliphatic imine (C=N–C) groups is 2. The van der Waals surface area contributed by atoms with Crippen LogP contribution < -0.4 is 5.32 Å². The van der Waals surface area contributed by atoms with Crippen molar-refractivity contribution >= 4 is 76.7 Å². The van der Waals surface area contributed by atoms with Gasteiger partial charge >= 0.3 is 0 Å². The van der Waals surface area contributed by atoms with Crippen LogP contribution in [0.2, 0.25) is 0 Å². The number of furan rings is 1. The zero-order valence-electron chi connectivity index (χ0n) is 28.6. The maximum atomic E-state index is 6.29. The highest BCUT2D eigenvalue weighted by Crippen LogP contribution is 2.40. The summed E-state index contributed by atoms with van der Waals surface area (Å²) in [5, 5.41) is 15.5. The van der Waals surface area contributed by atoms with E-state index < -0.39 is 0 Å². The predicted octanol–water partition coefficient (Wildman–Crippen LogP) is 12.4. The summed E-state index contributed by atoms with van der Waals surface area (Å²) in [6.07, 6.45) is -0.350. The molecule has 1 aromatic heterocycles. The van der Waals surface area contributed by atoms with Crippen molar-refractivity contribution in [3.05, 3.63) is 193 Å². The average molecular weight is 678 g/mol. The molecule has 1 atom stereocenters. The molecule has 2 heterocycles. The van der Waals surface area contributed by atoms with Crippen molar-refractivity contribution in [2.45, 2.75) is 6.17 Å². The van der Waals surface area contributed by atoms with Crippen LogP contribution in [0, 0.1) is 0 Å². The van der Waals surface area contributed by atoms with Gasteiger partial charge in [0.25, 0.3) is 0 Å². The molecule has 10 aromatic rings. The van der Waals surface area contributed by atoms with Gasteiger partial charge in [0.2, 0.25) is 0 Å². The topological polar surface area (TPSA) is 49.9 Å². The standard InChI is InChI=1S/C49H31N3O/c1-2-12-33-28-34(24-20-30(33)10-1)47-50-48(35-25-23-32-22-21-31-11-3-4-13-36(31)43(32)29-35)52-49(51-47)41-27-26-39(37-14-5-6-15-38(37)41)40-17-9-19-45-46(40)42-16-7-8-18-44(42)53-45/h1-29,48H,(H,50,51,52). The Bertz CT molecular complexity index is 3170. The van der Waals surface area contributed by atoms with E-state index >= 15 is 0 Å². The molecule has 0 fully saturated rings. The first-order chi connectivity index (χ1) is 26.2. The second-order valence-electron chi connectivity index (χ2n) is 13.8. The number of nitrogens with zero attached hydrogens (tertiary/aromatic N) is 2. The Labute approximate surface area is 305 Å². The number of benzene rings is 9. The molecule has 1 unspecified atom stereocenters. The van der Waals surface area contributed by atoms with Gasteiger partial charge < -0.3 is 9.73 Å². The second kappa shape index (κ2) is 11.8. The van der Waals surface area contributed by atoms with Crippen LogP contribution in [0.3, 0.4) is 0 Å². The van der Waals surface area contributed by atoms with Gasteiger partial charge in [0.15, 0.2) is 5.84 Å². The highest BCUT2D eigenvalue weighted by molar-refractivity contribution is 6.21. The van der Waals surface area contributed by atoms with Gasteiger partial charge in [-0.25, -0.2) is 9.98 Å². The number of hydrogen-bond donors (Lipinski definition) is 1. The smallest absolute Gasteiger partial charge is 0.160 e. The molecule has 248 valence electrons. The van der Waals surface area contributed by atoms with Crippen LogP contribution >= 0.6 is 0 Å². The van der Waals surface area contributed by atoms with Gasteiger partial charge in [-0.15, -0.1) is 0 Å². The molecule has 0 aliphatic carbocycles. The number of hydrogen-bond acceptors (Lipinski definition) is 4. The average Bonchev–Trinajstić information content (AvgIpc) is 3.62. The Morgan fingerprint density at radius 3 is 1.94 bits per heavy atom. The van der Waals surface area contributed by atoms with E-state index in [-0.39, 0.29) is 6.17 Å². The van der Waals surface area contributed by atoms with Crippen molar-refractivity contribution in [2.75, 3.05) is 0 Å². The quantitative estimate of drug-likeness (QED) is 0.189. The van der Waals surface area contributed by atoms with Crippen LogP contribution in [0.15, 0.2) is 190 Å². The van der Waals surface area contributed by atoms with Gasteiger partial charge in [0.1, 0.15) is 23.2 Å². The molecule has 1 N–H and O–H groups in total. The molecule has 1 aliphatic heterocycles. The Morgan fingerprint density at radius 1 is 0.434 bits per heavy atom. The Kier molecular flexibility index (Phi) is 6.58. The molecule has 0 saturated carbocycles. The Morgan fingerprint density at radius 2 is 1.08 bits per heavy atom. The fourth-order valence-corrected chi connectivity index (χ4v) is 8.14. The maximum absolute atomic E-state index is 6.29. The lowest BCUT2D eigenvalue weighted by Gasteiger charge is -2.25. The normalized spacial score (nSPS) is 14.6. The van der Waals surface area contributed by atoms with Gasteiger partial charge in [-0.2, -0.15) is 0 Å². The third kappa shape index (κ3) is 4.84. The lowest BCUT2D eigenvalue weighted by atomic mass is 9.92. The van der Waals surface area contributed by atoms with Crippen LogP contribution in [0.25, 0.3) is 76.2 Å². The fraction of sp³-hybridized carbons (Fsp3) is 0.0204. The summed E-state index contributed by atoms with van der Waals surface area (Å²) in [6, 6.07) is 62.3. The summed E-state index contributed by atoms with van der Waals surface area (Å²) in [6.45, 7) is 0. The van der Waals surface area contributed by atoms with E-state index in [4.69, 9.17) is 14.4 Å². The minimum Gasteiger partial charge on any atom is -0.456 e. The highest BCUT2D eigenvalue weighted by atomic mass is 16.3. The van der Waals surface area contributed by atoms with E-state index in [0.717, 1.165) is 66.4 Å². The molecule has 53 heavy (non-hydrogen) atoms. The summed E-state index contributed by atoms with van der Waals surface area (Å²) in [5.74, 6) is 1.50. The first-order valence-corrected chi connectivity index (χ1v) is 18.0. The molecule has 11 rings (SSSR count). The SMILES string of the molecule is c1ccc2cc(C3=NC(c4ccc(-c5cccc6oc7ccccc7c56)c5ccccc45)=NC(c4ccc5ccc6ccccc6c5c4)N3)ccc2c1. The monoisotopic (exact) mass is 677 g/mol. The van der Waals surface area contributed by atoms with Crippen LogP contribution in [0.4, 0.5) is 0 Å². The maximum Gasteiger partial charge on any atom is 0.160 e. The molecule has 0 spiro atoms. The molecule has 1 aliphatic rings. The zero-order valence-corrected chi connectivity index (χ0v) is 28.6. The van der Waals surface area contributed by atoms with Crippen LogP contribution in [0.5, 0.6) is 0 Å². The molecular weight excluding hydrogens is 647 g/mol. The van der Waals surface area contributed by atoms with E-state index in [0.29, 0.717) is 5.84 Å². The minimum absolute atomic E-state index is 0.350. The molecule has 0 radical (unpaired) electrons. The predicted molar refractivity (Wildman–Crippen MR) is 221 cm³/mol. The van der Waals surface area contributed by atoms with E-state index in [1.807, 2.05) is 12.1 Å². The number of nitrogens with one attached hydrogen (secondary N) is 1. The second-order valence-corrected chi connectivity index (χ2v) is 13.8. The lowest BCUT2D eigenvalue weighted by Crippen LogP contribution is -2.33. The van der Waals surface area contributed by atoms with E-state index in [1.54, 1.807) is 0 Å². The van der Waals surface area contributed by atoms with Gasteiger partial charge in [-0.1, -0.05) is 146 Å². The van der Waals surface area contributed by atoms with Crippen LogP contribution in [0.1, 0.15) is 22.9 Å². The molecule has 0 bridgehead atoms. The number of rotatable bonds is 4. The fourth-order valence-electron chi connectivity index (χ4n) is 8.14. The van der Waals surface area contributed by atoms with Crippen LogP contribution in [-0.4, -0.2) is 11.7 Å². The van der Waals surface area contributed by atoms with Gasteiger partial charge in [-0.05, 0) is 90.1 Å². The number of fused-ring (bicyclic) bond motifs is 8. The summed E-state index contributed by atoms with van der Waals surface area (Å²) >= 11 is 0. The minimum atomic E-state index is -0.350. The summed E-state index contributed by atoms with van der Waals surface area (Å²) < 4.78 is 6.29. The Hall–Kier alpha value is -7.04. The van der Waals surface area contributed by atoms with Crippen molar-refractivity contribution < 1.29 is 4.42 Å². The molecular formula is C49H31N3O. The molecule has 4 heteroatoms. The van der Waals surface area contributed by atoms with Crippen molar-refractivity contribution in [3.63, 3.8) is 0 Å². The molecule has 0 saturated heterocycles. The first-order valence-electron chi connectivity index (χ1n) is 18.0. The molecule has 4 nitrogen and oxygen atoms in total. The summed E-state index contributed by atoms with van der Waals surface area (Å²) in [4.78, 5) is 10.7. The van der Waals surface area contributed by atoms with E-state index in [9.17, 15) is 0 Å². The van der Waals surface area contributed by atoms with Gasteiger partial charge in [-0.3, -0.25) is 0 Å². The zero-order chi connectivity index (χ0) is 34.9. The van der Waals surface area contributed by atoms with Crippen molar-refractivity contribution in [1.82, 2.24) is 5.32 Å². The van der Waals surface area contributed by atoms with E-state index in [2.05, 4.69) is 169 Å². The molecule has 0 amide bonds. The third-order valence-electron chi connectivity index (χ3n) is 10.7. The summed E-state index contributed by atoms with van der Waals surface area (Å²) in [7, 11) is 0. The first kappa shape index (κ1) is 29.7. The largest absolute Gasteiger partial charge is 0.456 e. The lowest BCUT2D eigenvalue weighted by molar-refractivity contribution is 0.669. The summed E-state index contributed by atoms with van der Waals surface area (Å²) in [5.41, 5.74) is 7.16. The van der Waals surface area contributed by atoms with Crippen molar-refractivity contribution in [3.8, 4) is 11.1 Å².